The van der Waals surface area contributed by atoms with Crippen LogP contribution < -0.4 is 4.74 Å². The average Bonchev–Trinajstić information content (AvgIpc) is 3.74. The van der Waals surface area contributed by atoms with Crippen LogP contribution in [0.1, 0.15) is 106 Å². The second-order valence-electron chi connectivity index (χ2n) is 21.4. The normalized spacial score (nSPS) is 40.1. The van der Waals surface area contributed by atoms with Crippen molar-refractivity contribution in [3.05, 3.63) is 41.7 Å². The average molecular weight is 1000 g/mol. The van der Waals surface area contributed by atoms with Crippen molar-refractivity contribution in [1.82, 2.24) is 24.8 Å². The summed E-state index contributed by atoms with van der Waals surface area (Å²) in [6, 6.07) is 4.66. The number of alkyl halides is 3. The van der Waals surface area contributed by atoms with Crippen LogP contribution in [-0.2, 0) is 47.9 Å². The zero-order chi connectivity index (χ0) is 52.3. The van der Waals surface area contributed by atoms with E-state index in [0.717, 1.165) is 5.56 Å². The van der Waals surface area contributed by atoms with Gasteiger partial charge in [0.05, 0.1) is 47.2 Å². The molecule has 2 aromatic rings. The zero-order valence-electron chi connectivity index (χ0n) is 43.4. The van der Waals surface area contributed by atoms with E-state index in [0.29, 0.717) is 44.6 Å². The number of aromatic nitrogens is 3. The lowest BCUT2D eigenvalue weighted by atomic mass is 9.68. The number of carbonyl (C=O) groups is 1. The number of esters is 1. The molecule has 3 aliphatic rings. The molecule has 0 aliphatic carbocycles. The van der Waals surface area contributed by atoms with E-state index in [1.54, 1.807) is 58.4 Å². The monoisotopic (exact) mass is 1000 g/mol. The molecule has 5 N–H and O–H groups in total. The van der Waals surface area contributed by atoms with Crippen LogP contribution in [0.15, 0.2) is 30.5 Å². The lowest BCUT2D eigenvalue weighted by molar-refractivity contribution is -0.302. The van der Waals surface area contributed by atoms with E-state index in [-0.39, 0.29) is 37.0 Å². The number of likely N-dealkylation sites (N-methyl/N-ethyl adjacent to an activating group) is 2. The minimum atomic E-state index is -4.77. The number of cyclic esters (lactones) is 1. The summed E-state index contributed by atoms with van der Waals surface area (Å²) >= 11 is 0. The van der Waals surface area contributed by atoms with Gasteiger partial charge < -0.3 is 63.8 Å². The Hall–Kier alpha value is -3.02. The van der Waals surface area contributed by atoms with E-state index in [1.807, 2.05) is 50.9 Å². The third kappa shape index (κ3) is 14.0. The van der Waals surface area contributed by atoms with Crippen LogP contribution in [0.4, 0.5) is 13.2 Å². The summed E-state index contributed by atoms with van der Waals surface area (Å²) in [5, 5.41) is 68.5. The number of benzene rings is 1. The van der Waals surface area contributed by atoms with E-state index in [2.05, 4.69) is 15.0 Å². The molecule has 1 aromatic heterocycles. The number of hydrogen-bond donors (Lipinski definition) is 5. The molecule has 3 saturated heterocycles. The molecule has 0 bridgehead atoms. The maximum Gasteiger partial charge on any atom is 0.573 e. The van der Waals surface area contributed by atoms with E-state index in [4.69, 9.17) is 23.7 Å². The third-order valence-electron chi connectivity index (χ3n) is 15.6. The molecule has 5 rings (SSSR count). The first-order valence-electron chi connectivity index (χ1n) is 24.9. The number of carbonyl (C=O) groups excluding carboxylic acids is 1. The Bertz CT molecular complexity index is 1960. The van der Waals surface area contributed by atoms with Gasteiger partial charge in [-0.15, -0.1) is 18.3 Å². The van der Waals surface area contributed by atoms with Crippen molar-refractivity contribution in [3.63, 3.8) is 0 Å². The summed E-state index contributed by atoms with van der Waals surface area (Å²) in [6.45, 7) is 19.1. The fourth-order valence-electron chi connectivity index (χ4n) is 11.3. The summed E-state index contributed by atoms with van der Waals surface area (Å²) in [5.74, 6) is -3.56. The van der Waals surface area contributed by atoms with Crippen molar-refractivity contribution < 1.29 is 71.9 Å². The molecule has 0 saturated carbocycles. The maximum atomic E-state index is 14.6. The molecule has 3 aliphatic heterocycles. The van der Waals surface area contributed by atoms with Gasteiger partial charge in [-0.2, -0.15) is 0 Å². The van der Waals surface area contributed by atoms with Crippen molar-refractivity contribution in [2.24, 2.45) is 23.7 Å². The molecular formula is C50H82F3N5O12. The highest BCUT2D eigenvalue weighted by Gasteiger charge is 2.55. The predicted molar refractivity (Wildman–Crippen MR) is 252 cm³/mol. The molecule has 3 fully saturated rings. The number of aliphatic hydroxyl groups is 5. The SMILES string of the molecule is CC[C@H]1OC(=O)[C@H](C)[C@@H](C2C[C@@](C)(OC)[C@@H](O)[C@H](C)O2)[C@H](C)[C@@H](O[C@@H]2O[C@H](C)C[C@H](N(C)CCc3cn(CCc4ccc(OC(F)(F)F)cc4)nn3)[C@H]2O)[C@](C)(O)C[C@@H](C)CN(C)[C@H](C)[C@@H](O)[C@]1(C)O. The highest BCUT2D eigenvalue weighted by Crippen LogP contribution is 2.45. The first-order valence-corrected chi connectivity index (χ1v) is 24.9. The van der Waals surface area contributed by atoms with Gasteiger partial charge in [-0.3, -0.25) is 9.48 Å². The molecule has 400 valence electrons. The first-order chi connectivity index (χ1) is 32.5. The van der Waals surface area contributed by atoms with Crippen molar-refractivity contribution in [2.45, 2.75) is 205 Å². The van der Waals surface area contributed by atoms with E-state index >= 15 is 0 Å². The summed E-state index contributed by atoms with van der Waals surface area (Å²) in [6.07, 6.45) is -9.68. The predicted octanol–water partition coefficient (Wildman–Crippen LogP) is 4.52. The number of nitrogens with zero attached hydrogens (tertiary/aromatic N) is 5. The molecule has 1 aromatic carbocycles. The van der Waals surface area contributed by atoms with Crippen LogP contribution >= 0.6 is 0 Å². The molecule has 18 atom stereocenters. The minimum Gasteiger partial charge on any atom is -0.459 e. The highest BCUT2D eigenvalue weighted by molar-refractivity contribution is 5.73. The summed E-state index contributed by atoms with van der Waals surface area (Å²) in [5.41, 5.74) is -3.02. The van der Waals surface area contributed by atoms with Crippen LogP contribution in [0, 0.1) is 23.7 Å². The second kappa shape index (κ2) is 23.5. The third-order valence-corrected chi connectivity index (χ3v) is 15.6. The second-order valence-corrected chi connectivity index (χ2v) is 21.4. The fraction of sp³-hybridized carbons (Fsp3) is 0.820. The first kappa shape index (κ1) is 57.9. The van der Waals surface area contributed by atoms with Crippen LogP contribution in [0.3, 0.4) is 0 Å². The summed E-state index contributed by atoms with van der Waals surface area (Å²) in [4.78, 5) is 18.5. The van der Waals surface area contributed by atoms with Crippen LogP contribution in [0.2, 0.25) is 0 Å². The van der Waals surface area contributed by atoms with Crippen molar-refractivity contribution in [3.8, 4) is 5.75 Å². The zero-order valence-corrected chi connectivity index (χ0v) is 43.4. The number of halogens is 3. The summed E-state index contributed by atoms with van der Waals surface area (Å²) < 4.78 is 75.5. The van der Waals surface area contributed by atoms with Gasteiger partial charge in [0.15, 0.2) is 6.29 Å². The minimum absolute atomic E-state index is 0.168. The van der Waals surface area contributed by atoms with E-state index in [1.165, 1.54) is 26.2 Å². The van der Waals surface area contributed by atoms with Crippen LogP contribution in [0.5, 0.6) is 5.75 Å². The van der Waals surface area contributed by atoms with Crippen LogP contribution in [0.25, 0.3) is 0 Å². The lowest BCUT2D eigenvalue weighted by Gasteiger charge is -2.51. The van der Waals surface area contributed by atoms with Gasteiger partial charge in [-0.1, -0.05) is 45.0 Å². The Kier molecular flexibility index (Phi) is 19.4. The van der Waals surface area contributed by atoms with Crippen molar-refractivity contribution in [2.75, 3.05) is 34.3 Å². The van der Waals surface area contributed by atoms with Crippen LogP contribution in [-0.4, -0.2) is 181 Å². The Balaban J connectivity index is 1.41. The largest absolute Gasteiger partial charge is 0.573 e. The number of ether oxygens (including phenoxy) is 6. The van der Waals surface area contributed by atoms with Crippen molar-refractivity contribution >= 4 is 5.97 Å². The highest BCUT2D eigenvalue weighted by atomic mass is 19.4. The Labute approximate surface area is 411 Å². The van der Waals surface area contributed by atoms with Gasteiger partial charge in [0.2, 0.25) is 0 Å². The van der Waals surface area contributed by atoms with Gasteiger partial charge in [-0.25, -0.2) is 0 Å². The molecular weight excluding hydrogens is 920 g/mol. The molecule has 0 radical (unpaired) electrons. The van der Waals surface area contributed by atoms with E-state index in [9.17, 15) is 43.5 Å². The number of methoxy groups -OCH3 is 1. The molecule has 0 spiro atoms. The fourth-order valence-corrected chi connectivity index (χ4v) is 11.3. The Morgan fingerprint density at radius 3 is 2.23 bits per heavy atom. The van der Waals surface area contributed by atoms with Gasteiger partial charge in [0.25, 0.3) is 0 Å². The quantitative estimate of drug-likeness (QED) is 0.175. The maximum absolute atomic E-state index is 14.6. The molecule has 4 heterocycles. The molecule has 17 nitrogen and oxygen atoms in total. The van der Waals surface area contributed by atoms with Gasteiger partial charge in [0.1, 0.15) is 35.8 Å². The Morgan fingerprint density at radius 1 is 0.957 bits per heavy atom. The number of aliphatic hydroxyl groups excluding tert-OH is 3. The topological polar surface area (TPSA) is 211 Å². The lowest BCUT2D eigenvalue weighted by Crippen LogP contribution is -2.62. The molecule has 20 heteroatoms. The standard InChI is InChI=1S/C50H82F3N5O12/c1-14-39-49(10,64)42(60)32(6)57(12)26-28(2)24-47(8,63)44(30(4)40(31(5)45(62)68-39)38-25-48(9,65-13)43(61)33(7)67-38)69-46-41(59)37(23-29(3)66-46)56(11)21-20-35-27-58(55-54-35)22-19-34-15-17-36(18-16-34)70-50(51,52)53/h15-18,27-33,37-44,46,59-61,63-64H,14,19-26H2,1-13H3/t28-,29-,30+,31-,32-,33+,37+,38?,39-,40+,41-,42-,43+,44-,46+,47-,48-,49-/m1/s1. The number of rotatable bonds is 13. The van der Waals surface area contributed by atoms with Gasteiger partial charge in [-0.05, 0) is 111 Å². The number of hydrogen-bond acceptors (Lipinski definition) is 16. The Morgan fingerprint density at radius 2 is 1.61 bits per heavy atom. The van der Waals surface area contributed by atoms with E-state index < -0.39 is 108 Å². The molecule has 0 amide bonds. The van der Waals surface area contributed by atoms with Gasteiger partial charge in [0, 0.05) is 63.8 Å². The van der Waals surface area contributed by atoms with Crippen molar-refractivity contribution in [1.29, 1.82) is 0 Å². The van der Waals surface area contributed by atoms with Gasteiger partial charge >= 0.3 is 12.3 Å². The molecule has 70 heavy (non-hydrogen) atoms. The number of aryl methyl sites for hydroxylation is 2. The molecule has 1 unspecified atom stereocenters. The smallest absolute Gasteiger partial charge is 0.459 e. The summed E-state index contributed by atoms with van der Waals surface area (Å²) in [7, 11) is 5.24.